The van der Waals surface area contributed by atoms with E-state index in [1.54, 1.807) is 17.0 Å². The average molecular weight is 516 g/mol. The highest BCUT2D eigenvalue weighted by molar-refractivity contribution is 7.92. The Hall–Kier alpha value is -2.87. The molecule has 2 aromatic carbocycles. The number of nitrogens with zero attached hydrogens (tertiary/aromatic N) is 2. The van der Waals surface area contributed by atoms with E-state index >= 15 is 0 Å². The van der Waals surface area contributed by atoms with Gasteiger partial charge in [0.1, 0.15) is 6.04 Å². The average Bonchev–Trinajstić information content (AvgIpc) is 2.84. The van der Waals surface area contributed by atoms with Crippen molar-refractivity contribution in [1.29, 1.82) is 0 Å². The number of carbonyl (C=O) groups excluding carboxylic acids is 2. The van der Waals surface area contributed by atoms with Crippen LogP contribution in [0.5, 0.6) is 0 Å². The van der Waals surface area contributed by atoms with Gasteiger partial charge in [-0.1, -0.05) is 62.4 Å². The second kappa shape index (κ2) is 14.0. The van der Waals surface area contributed by atoms with Crippen molar-refractivity contribution in [2.75, 3.05) is 23.7 Å². The van der Waals surface area contributed by atoms with E-state index in [2.05, 4.69) is 5.32 Å². The maximum Gasteiger partial charge on any atom is 0.243 e. The summed E-state index contributed by atoms with van der Waals surface area (Å²) in [4.78, 5) is 28.2. The number of para-hydroxylation sites is 1. The number of amides is 2. The van der Waals surface area contributed by atoms with Gasteiger partial charge in [-0.2, -0.15) is 0 Å². The quantitative estimate of drug-likeness (QED) is 0.406. The van der Waals surface area contributed by atoms with Crippen LogP contribution < -0.4 is 9.62 Å². The number of nitrogens with one attached hydrogen (secondary N) is 1. The molecule has 36 heavy (non-hydrogen) atoms. The minimum Gasteiger partial charge on any atom is -0.352 e. The van der Waals surface area contributed by atoms with E-state index in [9.17, 15) is 18.0 Å². The first kappa shape index (κ1) is 29.4. The van der Waals surface area contributed by atoms with Gasteiger partial charge in [0.05, 0.1) is 11.9 Å². The summed E-state index contributed by atoms with van der Waals surface area (Å²) in [5.74, 6) is -0.291. The molecule has 2 aromatic rings. The Kier molecular flexibility index (Phi) is 11.4. The van der Waals surface area contributed by atoms with Gasteiger partial charge < -0.3 is 10.2 Å². The number of benzene rings is 2. The maximum absolute atomic E-state index is 13.4. The molecule has 0 aliphatic carbocycles. The van der Waals surface area contributed by atoms with E-state index in [0.29, 0.717) is 31.5 Å². The van der Waals surface area contributed by atoms with Crippen LogP contribution in [0.4, 0.5) is 5.69 Å². The molecule has 0 aliphatic rings. The van der Waals surface area contributed by atoms with Crippen LogP contribution in [0.15, 0.2) is 54.6 Å². The van der Waals surface area contributed by atoms with Crippen molar-refractivity contribution in [2.24, 2.45) is 0 Å². The molecule has 0 heterocycles. The smallest absolute Gasteiger partial charge is 0.243 e. The lowest BCUT2D eigenvalue weighted by Gasteiger charge is -2.32. The van der Waals surface area contributed by atoms with Crippen LogP contribution in [-0.4, -0.2) is 56.6 Å². The molecule has 0 radical (unpaired) electrons. The SMILES string of the molecule is CC[C@H](C)NC(=O)[C@H](CC)N(CCc1ccccc1)C(=O)CCCN(c1ccccc1C)S(C)(=O)=O. The van der Waals surface area contributed by atoms with Gasteiger partial charge in [-0.05, 0) is 56.7 Å². The molecule has 2 rings (SSSR count). The molecule has 8 heteroatoms. The first-order valence-electron chi connectivity index (χ1n) is 12.8. The third kappa shape index (κ3) is 8.66. The molecule has 0 aromatic heterocycles. The van der Waals surface area contributed by atoms with E-state index in [4.69, 9.17) is 0 Å². The molecule has 2 atom stereocenters. The standard InChI is InChI=1S/C28H41N3O4S/c1-6-23(4)29-28(33)25(7-2)30(21-19-24-15-9-8-10-16-24)27(32)18-13-20-31(36(5,34)35)26-17-12-11-14-22(26)3/h8-12,14-17,23,25H,6-7,13,18-21H2,1-5H3,(H,29,33)/t23-,25-/m0/s1. The van der Waals surface area contributed by atoms with E-state index < -0.39 is 16.1 Å². The molecule has 0 unspecified atom stereocenters. The first-order valence-corrected chi connectivity index (χ1v) is 14.6. The van der Waals surface area contributed by atoms with E-state index in [1.807, 2.05) is 70.2 Å². The third-order valence-corrected chi connectivity index (χ3v) is 7.59. The Labute approximate surface area is 216 Å². The predicted molar refractivity (Wildman–Crippen MR) is 146 cm³/mol. The number of hydrogen-bond donors (Lipinski definition) is 1. The van der Waals surface area contributed by atoms with Crippen LogP contribution in [0.25, 0.3) is 0 Å². The van der Waals surface area contributed by atoms with Gasteiger partial charge in [-0.15, -0.1) is 0 Å². The number of carbonyl (C=O) groups is 2. The van der Waals surface area contributed by atoms with Crippen molar-refractivity contribution in [2.45, 2.75) is 71.9 Å². The van der Waals surface area contributed by atoms with Crippen LogP contribution in [0, 0.1) is 6.92 Å². The monoisotopic (exact) mass is 515 g/mol. The normalized spacial score (nSPS) is 13.0. The van der Waals surface area contributed by atoms with Crippen molar-refractivity contribution in [3.63, 3.8) is 0 Å². The Morgan fingerprint density at radius 3 is 2.17 bits per heavy atom. The highest BCUT2D eigenvalue weighted by Crippen LogP contribution is 2.23. The molecular weight excluding hydrogens is 474 g/mol. The molecular formula is C28H41N3O4S. The van der Waals surface area contributed by atoms with Crippen molar-refractivity contribution in [3.05, 3.63) is 65.7 Å². The van der Waals surface area contributed by atoms with E-state index in [1.165, 1.54) is 10.6 Å². The predicted octanol–water partition coefficient (Wildman–Crippen LogP) is 4.31. The van der Waals surface area contributed by atoms with Gasteiger partial charge in [0.15, 0.2) is 0 Å². The fourth-order valence-corrected chi connectivity index (χ4v) is 5.19. The number of aryl methyl sites for hydroxylation is 1. The summed E-state index contributed by atoms with van der Waals surface area (Å²) in [6, 6.07) is 16.6. The Bertz CT molecular complexity index is 1090. The Morgan fingerprint density at radius 2 is 1.58 bits per heavy atom. The molecule has 2 amide bonds. The van der Waals surface area contributed by atoms with Crippen LogP contribution in [0.1, 0.15) is 57.6 Å². The third-order valence-electron chi connectivity index (χ3n) is 6.41. The summed E-state index contributed by atoms with van der Waals surface area (Å²) in [6.07, 6.45) is 3.63. The Morgan fingerprint density at radius 1 is 0.944 bits per heavy atom. The van der Waals surface area contributed by atoms with Crippen LogP contribution >= 0.6 is 0 Å². The lowest BCUT2D eigenvalue weighted by molar-refractivity contribution is -0.141. The molecule has 0 fully saturated rings. The highest BCUT2D eigenvalue weighted by atomic mass is 32.2. The summed E-state index contributed by atoms with van der Waals surface area (Å²) in [6.45, 7) is 8.35. The number of sulfonamides is 1. The zero-order valence-electron chi connectivity index (χ0n) is 22.2. The molecule has 198 valence electrons. The zero-order valence-corrected chi connectivity index (χ0v) is 23.1. The Balaban J connectivity index is 2.17. The maximum atomic E-state index is 13.4. The van der Waals surface area contributed by atoms with Gasteiger partial charge in [-0.25, -0.2) is 8.42 Å². The van der Waals surface area contributed by atoms with Crippen molar-refractivity contribution >= 4 is 27.5 Å². The second-order valence-electron chi connectivity index (χ2n) is 9.29. The van der Waals surface area contributed by atoms with Crippen LogP contribution in [-0.2, 0) is 26.0 Å². The molecule has 7 nitrogen and oxygen atoms in total. The van der Waals surface area contributed by atoms with Crippen LogP contribution in [0.3, 0.4) is 0 Å². The first-order chi connectivity index (χ1) is 17.1. The van der Waals surface area contributed by atoms with Gasteiger partial charge in [0, 0.05) is 25.6 Å². The number of anilines is 1. The van der Waals surface area contributed by atoms with Gasteiger partial charge >= 0.3 is 0 Å². The van der Waals surface area contributed by atoms with Gasteiger partial charge in [-0.3, -0.25) is 13.9 Å². The summed E-state index contributed by atoms with van der Waals surface area (Å²) in [7, 11) is -3.51. The largest absolute Gasteiger partial charge is 0.352 e. The van der Waals surface area contributed by atoms with Crippen molar-refractivity contribution in [1.82, 2.24) is 10.2 Å². The minimum atomic E-state index is -3.51. The summed E-state index contributed by atoms with van der Waals surface area (Å²) in [5, 5.41) is 3.02. The van der Waals surface area contributed by atoms with Crippen LogP contribution in [0.2, 0.25) is 0 Å². The van der Waals surface area contributed by atoms with Gasteiger partial charge in [0.25, 0.3) is 0 Å². The molecule has 0 aliphatic heterocycles. The molecule has 0 saturated carbocycles. The summed E-state index contributed by atoms with van der Waals surface area (Å²) < 4.78 is 26.4. The fourth-order valence-electron chi connectivity index (χ4n) is 4.16. The molecule has 0 bridgehead atoms. The second-order valence-corrected chi connectivity index (χ2v) is 11.2. The highest BCUT2D eigenvalue weighted by Gasteiger charge is 2.29. The van der Waals surface area contributed by atoms with Gasteiger partial charge in [0.2, 0.25) is 21.8 Å². The van der Waals surface area contributed by atoms with Crippen molar-refractivity contribution in [3.8, 4) is 0 Å². The zero-order chi connectivity index (χ0) is 26.7. The minimum absolute atomic E-state index is 0.0232. The topological polar surface area (TPSA) is 86.8 Å². The molecule has 1 N–H and O–H groups in total. The number of hydrogen-bond acceptors (Lipinski definition) is 4. The molecule has 0 spiro atoms. The lowest BCUT2D eigenvalue weighted by Crippen LogP contribution is -2.51. The van der Waals surface area contributed by atoms with E-state index in [0.717, 1.165) is 17.5 Å². The molecule has 0 saturated heterocycles. The summed E-state index contributed by atoms with van der Waals surface area (Å²) in [5.41, 5.74) is 2.56. The lowest BCUT2D eigenvalue weighted by atomic mass is 10.1. The number of rotatable bonds is 14. The van der Waals surface area contributed by atoms with E-state index in [-0.39, 0.29) is 30.8 Å². The summed E-state index contributed by atoms with van der Waals surface area (Å²) >= 11 is 0. The van der Waals surface area contributed by atoms with Crippen molar-refractivity contribution < 1.29 is 18.0 Å². The fraction of sp³-hybridized carbons (Fsp3) is 0.500.